The van der Waals surface area contributed by atoms with Crippen molar-refractivity contribution in [3.63, 3.8) is 0 Å². The fourth-order valence-electron chi connectivity index (χ4n) is 3.83. The van der Waals surface area contributed by atoms with Crippen molar-refractivity contribution in [2.75, 3.05) is 38.0 Å². The maximum Gasteiger partial charge on any atom is 0.253 e. The fraction of sp³-hybridized carbons (Fsp3) is 0.440. The van der Waals surface area contributed by atoms with Crippen LogP contribution in [0.1, 0.15) is 48.2 Å². The van der Waals surface area contributed by atoms with E-state index in [2.05, 4.69) is 35.4 Å². The summed E-state index contributed by atoms with van der Waals surface area (Å²) in [6.45, 7) is 9.52. The highest BCUT2D eigenvalue weighted by Crippen LogP contribution is 2.17. The number of carbonyl (C=O) groups excluding carboxylic acids is 2. The Morgan fingerprint density at radius 3 is 2.32 bits per heavy atom. The Hall–Kier alpha value is -2.86. The van der Waals surface area contributed by atoms with Crippen LogP contribution in [0.2, 0.25) is 0 Å². The molecule has 0 radical (unpaired) electrons. The Kier molecular flexibility index (Phi) is 8.47. The minimum atomic E-state index is -0.0603. The van der Waals surface area contributed by atoms with Crippen molar-refractivity contribution in [1.82, 2.24) is 15.1 Å². The number of likely N-dealkylation sites (tertiary alicyclic amines) is 1. The standard InChI is InChI=1S/C25H34N4O2/c1-3-28(4-2)19-22-9-5-6-10-23(22)26-18-24(30)27-17-20-11-13-21(14-12-20)25(31)29-15-7-8-16-29/h5-6,9-14,26H,3-4,7-8,15-19H2,1-2H3,(H,27,30). The van der Waals surface area contributed by atoms with E-state index in [-0.39, 0.29) is 18.4 Å². The van der Waals surface area contributed by atoms with Gasteiger partial charge in [0.05, 0.1) is 6.54 Å². The van der Waals surface area contributed by atoms with Crippen LogP contribution in [0.5, 0.6) is 0 Å². The molecule has 0 atom stereocenters. The van der Waals surface area contributed by atoms with Crippen molar-refractivity contribution in [2.24, 2.45) is 0 Å². The molecule has 2 aromatic rings. The van der Waals surface area contributed by atoms with Gasteiger partial charge in [0.1, 0.15) is 0 Å². The van der Waals surface area contributed by atoms with Crippen LogP contribution in [-0.4, -0.2) is 54.3 Å². The summed E-state index contributed by atoms with van der Waals surface area (Å²) < 4.78 is 0. The highest BCUT2D eigenvalue weighted by atomic mass is 16.2. The molecule has 6 heteroatoms. The monoisotopic (exact) mass is 422 g/mol. The van der Waals surface area contributed by atoms with Gasteiger partial charge < -0.3 is 15.5 Å². The van der Waals surface area contributed by atoms with Gasteiger partial charge in [0.25, 0.3) is 5.91 Å². The third kappa shape index (κ3) is 6.56. The molecule has 1 fully saturated rings. The molecule has 1 aliphatic heterocycles. The Morgan fingerprint density at radius 2 is 1.65 bits per heavy atom. The molecule has 0 aliphatic carbocycles. The minimum absolute atomic E-state index is 0.0603. The van der Waals surface area contributed by atoms with Crippen LogP contribution >= 0.6 is 0 Å². The summed E-state index contributed by atoms with van der Waals surface area (Å²) in [4.78, 5) is 29.0. The molecule has 1 saturated heterocycles. The van der Waals surface area contributed by atoms with Gasteiger partial charge in [-0.25, -0.2) is 0 Å². The van der Waals surface area contributed by atoms with Gasteiger partial charge in [0.2, 0.25) is 5.91 Å². The molecule has 1 heterocycles. The molecule has 2 amide bonds. The van der Waals surface area contributed by atoms with Crippen LogP contribution in [0.25, 0.3) is 0 Å². The van der Waals surface area contributed by atoms with E-state index in [4.69, 9.17) is 0 Å². The van der Waals surface area contributed by atoms with E-state index in [1.165, 1.54) is 5.56 Å². The molecule has 31 heavy (non-hydrogen) atoms. The Morgan fingerprint density at radius 1 is 0.968 bits per heavy atom. The first-order valence-electron chi connectivity index (χ1n) is 11.3. The van der Waals surface area contributed by atoms with Gasteiger partial charge in [-0.15, -0.1) is 0 Å². The molecule has 6 nitrogen and oxygen atoms in total. The van der Waals surface area contributed by atoms with Crippen LogP contribution in [0, 0.1) is 0 Å². The van der Waals surface area contributed by atoms with E-state index in [0.29, 0.717) is 12.1 Å². The largest absolute Gasteiger partial charge is 0.376 e. The zero-order valence-electron chi connectivity index (χ0n) is 18.7. The third-order valence-corrected chi connectivity index (χ3v) is 5.83. The Labute approximate surface area is 185 Å². The van der Waals surface area contributed by atoms with Gasteiger partial charge in [-0.3, -0.25) is 14.5 Å². The lowest BCUT2D eigenvalue weighted by Crippen LogP contribution is -2.30. The number of hydrogen-bond donors (Lipinski definition) is 2. The smallest absolute Gasteiger partial charge is 0.253 e. The quantitative estimate of drug-likeness (QED) is 0.615. The van der Waals surface area contributed by atoms with Crippen LogP contribution < -0.4 is 10.6 Å². The van der Waals surface area contributed by atoms with Gasteiger partial charge >= 0.3 is 0 Å². The number of carbonyl (C=O) groups is 2. The molecule has 166 valence electrons. The average Bonchev–Trinajstić information content (AvgIpc) is 3.35. The fourth-order valence-corrected chi connectivity index (χ4v) is 3.83. The topological polar surface area (TPSA) is 64.7 Å². The van der Waals surface area contributed by atoms with Crippen molar-refractivity contribution < 1.29 is 9.59 Å². The molecule has 2 aromatic carbocycles. The number of nitrogens with zero attached hydrogens (tertiary/aromatic N) is 2. The van der Waals surface area contributed by atoms with Crippen molar-refractivity contribution in [3.05, 3.63) is 65.2 Å². The van der Waals surface area contributed by atoms with Crippen molar-refractivity contribution in [3.8, 4) is 0 Å². The maximum absolute atomic E-state index is 12.4. The zero-order chi connectivity index (χ0) is 22.1. The molecule has 1 aliphatic rings. The number of hydrogen-bond acceptors (Lipinski definition) is 4. The molecule has 0 unspecified atom stereocenters. The summed E-state index contributed by atoms with van der Waals surface area (Å²) in [5, 5.41) is 6.22. The molecule has 2 N–H and O–H groups in total. The van der Waals surface area contributed by atoms with E-state index in [0.717, 1.165) is 56.8 Å². The first-order valence-corrected chi connectivity index (χ1v) is 11.3. The van der Waals surface area contributed by atoms with Crippen LogP contribution in [0.4, 0.5) is 5.69 Å². The zero-order valence-corrected chi connectivity index (χ0v) is 18.7. The lowest BCUT2D eigenvalue weighted by molar-refractivity contribution is -0.119. The molecule has 0 spiro atoms. The number of benzene rings is 2. The van der Waals surface area contributed by atoms with Gasteiger partial charge in [0, 0.05) is 37.4 Å². The molecule has 0 saturated carbocycles. The second-order valence-electron chi connectivity index (χ2n) is 7.95. The molecular weight excluding hydrogens is 388 g/mol. The van der Waals surface area contributed by atoms with E-state index in [1.54, 1.807) is 0 Å². The van der Waals surface area contributed by atoms with Gasteiger partial charge in [-0.05, 0) is 55.3 Å². The Balaban J connectivity index is 1.47. The lowest BCUT2D eigenvalue weighted by atomic mass is 10.1. The first kappa shape index (κ1) is 22.8. The number of rotatable bonds is 10. The molecular formula is C25H34N4O2. The number of para-hydroxylation sites is 1. The van der Waals surface area contributed by atoms with E-state index in [1.807, 2.05) is 47.4 Å². The van der Waals surface area contributed by atoms with Gasteiger partial charge in [-0.1, -0.05) is 44.2 Å². The molecule has 0 aromatic heterocycles. The predicted molar refractivity (Wildman–Crippen MR) is 125 cm³/mol. The summed E-state index contributed by atoms with van der Waals surface area (Å²) in [5.41, 5.74) is 3.88. The van der Waals surface area contributed by atoms with E-state index >= 15 is 0 Å². The second kappa shape index (κ2) is 11.5. The normalized spacial score (nSPS) is 13.5. The van der Waals surface area contributed by atoms with Crippen molar-refractivity contribution >= 4 is 17.5 Å². The van der Waals surface area contributed by atoms with Crippen LogP contribution in [0.3, 0.4) is 0 Å². The van der Waals surface area contributed by atoms with Gasteiger partial charge in [0.15, 0.2) is 0 Å². The van der Waals surface area contributed by atoms with Crippen molar-refractivity contribution in [1.29, 1.82) is 0 Å². The van der Waals surface area contributed by atoms with E-state index in [9.17, 15) is 9.59 Å². The minimum Gasteiger partial charge on any atom is -0.376 e. The number of anilines is 1. The third-order valence-electron chi connectivity index (χ3n) is 5.83. The van der Waals surface area contributed by atoms with Gasteiger partial charge in [-0.2, -0.15) is 0 Å². The van der Waals surface area contributed by atoms with Crippen molar-refractivity contribution in [2.45, 2.75) is 39.8 Å². The highest BCUT2D eigenvalue weighted by Gasteiger charge is 2.19. The second-order valence-corrected chi connectivity index (χ2v) is 7.95. The summed E-state index contributed by atoms with van der Waals surface area (Å²) in [7, 11) is 0. The maximum atomic E-state index is 12.4. The number of amides is 2. The summed E-state index contributed by atoms with van der Waals surface area (Å²) in [6, 6.07) is 15.7. The first-order chi connectivity index (χ1) is 15.1. The Bertz CT molecular complexity index is 856. The van der Waals surface area contributed by atoms with Crippen LogP contribution in [0.15, 0.2) is 48.5 Å². The van der Waals surface area contributed by atoms with Crippen LogP contribution in [-0.2, 0) is 17.9 Å². The van der Waals surface area contributed by atoms with E-state index < -0.39 is 0 Å². The molecule has 0 bridgehead atoms. The summed E-state index contributed by atoms with van der Waals surface area (Å²) in [6.07, 6.45) is 2.17. The summed E-state index contributed by atoms with van der Waals surface area (Å²) >= 11 is 0. The predicted octanol–water partition coefficient (Wildman–Crippen LogP) is 3.49. The number of nitrogens with one attached hydrogen (secondary N) is 2. The lowest BCUT2D eigenvalue weighted by Gasteiger charge is -2.20. The summed E-state index contributed by atoms with van der Waals surface area (Å²) in [5.74, 6) is 0.0375. The SMILES string of the molecule is CCN(CC)Cc1ccccc1NCC(=O)NCc1ccc(C(=O)N2CCCC2)cc1. The average molecular weight is 423 g/mol. The highest BCUT2D eigenvalue weighted by molar-refractivity contribution is 5.94. The molecule has 3 rings (SSSR count).